The van der Waals surface area contributed by atoms with Gasteiger partial charge in [0.2, 0.25) is 17.7 Å². The number of ether oxygens (including phenoxy) is 2. The van der Waals surface area contributed by atoms with E-state index in [-0.39, 0.29) is 30.2 Å². The fraction of sp³-hybridized carbons (Fsp3) is 0.795. The first-order valence-electron chi connectivity index (χ1n) is 19.0. The van der Waals surface area contributed by atoms with Gasteiger partial charge in [-0.05, 0) is 49.9 Å². The largest absolute Gasteiger partial charge is 0.460 e. The fourth-order valence-electron chi connectivity index (χ4n) is 7.04. The minimum atomic E-state index is -1.20. The number of terminal acetylenes is 1. The smallest absolute Gasteiger partial charge is 0.329 e. The number of esters is 2. The summed E-state index contributed by atoms with van der Waals surface area (Å²) in [5, 5.41) is 2.92. The van der Waals surface area contributed by atoms with Crippen LogP contribution < -0.4 is 5.32 Å². The zero-order chi connectivity index (χ0) is 38.7. The van der Waals surface area contributed by atoms with E-state index < -0.39 is 77.9 Å². The van der Waals surface area contributed by atoms with Gasteiger partial charge in [-0.2, -0.15) is 0 Å². The second-order valence-electron chi connectivity index (χ2n) is 15.1. The molecule has 1 N–H and O–H groups in total. The van der Waals surface area contributed by atoms with Crippen molar-refractivity contribution in [1.82, 2.24) is 20.0 Å². The molecule has 0 spiro atoms. The van der Waals surface area contributed by atoms with Gasteiger partial charge in [0.15, 0.2) is 6.10 Å². The van der Waals surface area contributed by atoms with Crippen molar-refractivity contribution in [2.75, 3.05) is 20.6 Å². The molecule has 0 aromatic carbocycles. The van der Waals surface area contributed by atoms with Crippen LogP contribution in [0.25, 0.3) is 0 Å². The molecule has 0 bridgehead atoms. The van der Waals surface area contributed by atoms with Gasteiger partial charge in [0.1, 0.15) is 30.3 Å². The van der Waals surface area contributed by atoms with Crippen molar-refractivity contribution in [3.05, 3.63) is 0 Å². The van der Waals surface area contributed by atoms with E-state index in [1.807, 2.05) is 41.5 Å². The maximum absolute atomic E-state index is 14.3. The van der Waals surface area contributed by atoms with Crippen LogP contribution in [-0.4, -0.2) is 107 Å². The molecule has 51 heavy (non-hydrogen) atoms. The summed E-state index contributed by atoms with van der Waals surface area (Å²) in [6.45, 7) is 16.7. The molecule has 288 valence electrons. The summed E-state index contributed by atoms with van der Waals surface area (Å²) >= 11 is 0. The fourth-order valence-corrected chi connectivity index (χ4v) is 7.04. The SMILES string of the molecule is C#CCCC[C@H]1OC(=O)[C@H](C(C)C)N(C)C(=O)[C@@H]2CCCN2C(=O)[C@H]([C@@H](C)CC)OC(=O)[C@H](C(C)CC)N(C)C(=O)[C@H]([C@@H](C)CC)NC(=O)[C@H]1C. The van der Waals surface area contributed by atoms with Crippen LogP contribution in [-0.2, 0) is 38.2 Å². The van der Waals surface area contributed by atoms with Crippen molar-refractivity contribution in [3.63, 3.8) is 0 Å². The highest BCUT2D eigenvalue weighted by molar-refractivity contribution is 5.95. The maximum atomic E-state index is 14.3. The molecule has 4 amide bonds. The Morgan fingerprint density at radius 1 is 0.804 bits per heavy atom. The van der Waals surface area contributed by atoms with Crippen LogP contribution in [0.15, 0.2) is 0 Å². The van der Waals surface area contributed by atoms with Crippen LogP contribution in [0.2, 0.25) is 0 Å². The van der Waals surface area contributed by atoms with Gasteiger partial charge in [-0.1, -0.05) is 75.2 Å². The van der Waals surface area contributed by atoms with E-state index in [2.05, 4.69) is 11.2 Å². The first-order valence-corrected chi connectivity index (χ1v) is 19.0. The summed E-state index contributed by atoms with van der Waals surface area (Å²) in [7, 11) is 3.05. The standard InChI is InChI=1S/C39H64N4O8/c1-13-17-18-21-29-27(10)34(44)40-30(24(7)14-2)36(46)42(12)32(25(8)15-3)39(49)51-33(26(9)16-4)37(47)43-22-19-20-28(43)35(45)41(11)31(23(5)6)38(48)50-29/h1,23-33H,14-22H2,2-12H3,(H,40,44)/t24-,25?,26-,27-,28-,29+,30-,31-,32-,33-/m0/s1. The molecule has 0 aromatic rings. The Morgan fingerprint density at radius 3 is 1.92 bits per heavy atom. The number of nitrogens with one attached hydrogen (secondary N) is 1. The monoisotopic (exact) mass is 716 g/mol. The summed E-state index contributed by atoms with van der Waals surface area (Å²) in [4.78, 5) is 89.0. The lowest BCUT2D eigenvalue weighted by Gasteiger charge is -2.37. The number of cyclic esters (lactones) is 2. The molecule has 0 saturated carbocycles. The van der Waals surface area contributed by atoms with Crippen LogP contribution in [0.1, 0.15) is 114 Å². The van der Waals surface area contributed by atoms with Gasteiger partial charge in [-0.15, -0.1) is 12.3 Å². The van der Waals surface area contributed by atoms with Crippen molar-refractivity contribution in [3.8, 4) is 12.3 Å². The molecular formula is C39H64N4O8. The molecule has 2 fully saturated rings. The Hall–Kier alpha value is -3.62. The Bertz CT molecular complexity index is 1280. The lowest BCUT2D eigenvalue weighted by molar-refractivity contribution is -0.172. The van der Waals surface area contributed by atoms with E-state index in [0.29, 0.717) is 51.4 Å². The number of fused-ring (bicyclic) bond motifs is 1. The van der Waals surface area contributed by atoms with E-state index in [1.165, 1.54) is 28.8 Å². The molecule has 0 radical (unpaired) electrons. The summed E-state index contributed by atoms with van der Waals surface area (Å²) in [5.74, 6) is -2.94. The van der Waals surface area contributed by atoms with Crippen LogP contribution >= 0.6 is 0 Å². The van der Waals surface area contributed by atoms with Gasteiger partial charge in [-0.25, -0.2) is 9.59 Å². The Balaban J connectivity index is 2.79. The number of hydrogen-bond acceptors (Lipinski definition) is 8. The molecule has 0 aromatic heterocycles. The lowest BCUT2D eigenvalue weighted by Crippen LogP contribution is -2.58. The van der Waals surface area contributed by atoms with Crippen molar-refractivity contribution in [2.24, 2.45) is 29.6 Å². The van der Waals surface area contributed by atoms with E-state index in [1.54, 1.807) is 20.8 Å². The Kier molecular flexibility index (Phi) is 16.9. The Morgan fingerprint density at radius 2 is 1.37 bits per heavy atom. The zero-order valence-corrected chi connectivity index (χ0v) is 32.9. The number of amides is 4. The maximum Gasteiger partial charge on any atom is 0.329 e. The third-order valence-electron chi connectivity index (χ3n) is 11.1. The number of carbonyl (C=O) groups excluding carboxylic acids is 6. The van der Waals surface area contributed by atoms with Crippen molar-refractivity contribution >= 4 is 35.6 Å². The molecule has 12 heteroatoms. The molecular weight excluding hydrogens is 652 g/mol. The van der Waals surface area contributed by atoms with Crippen LogP contribution in [0, 0.1) is 41.9 Å². The van der Waals surface area contributed by atoms with Crippen LogP contribution in [0.5, 0.6) is 0 Å². The van der Waals surface area contributed by atoms with Crippen LogP contribution in [0.4, 0.5) is 0 Å². The van der Waals surface area contributed by atoms with Gasteiger partial charge < -0.3 is 29.5 Å². The van der Waals surface area contributed by atoms with E-state index in [4.69, 9.17) is 15.9 Å². The summed E-state index contributed by atoms with van der Waals surface area (Å²) in [6.07, 6.45) is 7.14. The van der Waals surface area contributed by atoms with Gasteiger partial charge in [0, 0.05) is 33.0 Å². The Labute approximate surface area is 306 Å². The molecule has 2 aliphatic rings. The number of likely N-dealkylation sites (N-methyl/N-ethyl adjacent to an activating group) is 2. The van der Waals surface area contributed by atoms with Crippen molar-refractivity contribution in [1.29, 1.82) is 0 Å². The van der Waals surface area contributed by atoms with E-state index >= 15 is 0 Å². The average Bonchev–Trinajstić information content (AvgIpc) is 3.60. The summed E-state index contributed by atoms with van der Waals surface area (Å²) in [6, 6.07) is -3.92. The normalized spacial score (nSPS) is 29.6. The zero-order valence-electron chi connectivity index (χ0n) is 32.9. The van der Waals surface area contributed by atoms with E-state index in [0.717, 1.165) is 0 Å². The molecule has 2 heterocycles. The molecule has 10 atom stereocenters. The van der Waals surface area contributed by atoms with Crippen LogP contribution in [0.3, 0.4) is 0 Å². The second kappa shape index (κ2) is 19.8. The van der Waals surface area contributed by atoms with E-state index in [9.17, 15) is 28.8 Å². The number of carbonyl (C=O) groups is 6. The predicted octanol–water partition coefficient (Wildman–Crippen LogP) is 4.19. The highest BCUT2D eigenvalue weighted by Gasteiger charge is 2.46. The number of hydrogen-bond donors (Lipinski definition) is 1. The van der Waals surface area contributed by atoms with Crippen molar-refractivity contribution < 1.29 is 38.2 Å². The first kappa shape index (κ1) is 43.5. The minimum Gasteiger partial charge on any atom is -0.460 e. The van der Waals surface area contributed by atoms with Gasteiger partial charge in [0.05, 0.1) is 5.92 Å². The highest BCUT2D eigenvalue weighted by atomic mass is 16.6. The highest BCUT2D eigenvalue weighted by Crippen LogP contribution is 2.28. The number of rotatable bonds is 10. The second-order valence-corrected chi connectivity index (χ2v) is 15.1. The number of nitrogens with zero attached hydrogens (tertiary/aromatic N) is 3. The van der Waals surface area contributed by atoms with Gasteiger partial charge in [0.25, 0.3) is 5.91 Å². The third-order valence-corrected chi connectivity index (χ3v) is 11.1. The topological polar surface area (TPSA) is 143 Å². The molecule has 0 aliphatic carbocycles. The molecule has 2 saturated heterocycles. The van der Waals surface area contributed by atoms with Gasteiger partial charge >= 0.3 is 11.9 Å². The third kappa shape index (κ3) is 10.5. The number of unbranched alkanes of at least 4 members (excludes halogenated alkanes) is 1. The predicted molar refractivity (Wildman–Crippen MR) is 195 cm³/mol. The van der Waals surface area contributed by atoms with Gasteiger partial charge in [-0.3, -0.25) is 19.2 Å². The molecule has 12 nitrogen and oxygen atoms in total. The molecule has 1 unspecified atom stereocenters. The summed E-state index contributed by atoms with van der Waals surface area (Å²) < 4.78 is 12.2. The molecule has 2 rings (SSSR count). The lowest BCUT2D eigenvalue weighted by atomic mass is 9.92. The first-order chi connectivity index (χ1) is 24.0. The quantitative estimate of drug-likeness (QED) is 0.202. The van der Waals surface area contributed by atoms with Crippen molar-refractivity contribution in [2.45, 2.75) is 150 Å². The minimum absolute atomic E-state index is 0.288. The molecule has 2 aliphatic heterocycles. The summed E-state index contributed by atoms with van der Waals surface area (Å²) in [5.41, 5.74) is 0. The average molecular weight is 717 g/mol.